The van der Waals surface area contributed by atoms with E-state index >= 15 is 0 Å². The highest BCUT2D eigenvalue weighted by Gasteiger charge is 2.41. The molecular formula is C15H31N3O2S. The summed E-state index contributed by atoms with van der Waals surface area (Å²) in [7, 11) is -3.36. The average molecular weight is 317 g/mol. The van der Waals surface area contributed by atoms with Gasteiger partial charge in [0.25, 0.3) is 10.2 Å². The van der Waals surface area contributed by atoms with Gasteiger partial charge in [0.05, 0.1) is 0 Å². The molecule has 2 fully saturated rings. The number of rotatable bonds is 5. The number of hydrogen-bond acceptors (Lipinski definition) is 3. The lowest BCUT2D eigenvalue weighted by atomic mass is 9.94. The monoisotopic (exact) mass is 317 g/mol. The molecule has 0 aromatic rings. The van der Waals surface area contributed by atoms with Crippen molar-refractivity contribution in [1.29, 1.82) is 0 Å². The van der Waals surface area contributed by atoms with Gasteiger partial charge in [-0.3, -0.25) is 0 Å². The van der Waals surface area contributed by atoms with Crippen LogP contribution in [0.4, 0.5) is 0 Å². The van der Waals surface area contributed by atoms with Crippen LogP contribution in [0.25, 0.3) is 0 Å². The zero-order valence-corrected chi connectivity index (χ0v) is 14.5. The van der Waals surface area contributed by atoms with Crippen molar-refractivity contribution < 1.29 is 8.42 Å². The van der Waals surface area contributed by atoms with Crippen LogP contribution >= 0.6 is 0 Å². The van der Waals surface area contributed by atoms with E-state index in [1.807, 2.05) is 6.92 Å². The van der Waals surface area contributed by atoms with Crippen molar-refractivity contribution in [3.05, 3.63) is 0 Å². The van der Waals surface area contributed by atoms with E-state index in [1.54, 1.807) is 8.61 Å². The molecule has 6 heteroatoms. The molecule has 1 aliphatic heterocycles. The third kappa shape index (κ3) is 3.60. The molecule has 4 unspecified atom stereocenters. The van der Waals surface area contributed by atoms with Gasteiger partial charge in [0.15, 0.2) is 0 Å². The molecule has 21 heavy (non-hydrogen) atoms. The van der Waals surface area contributed by atoms with Gasteiger partial charge < -0.3 is 5.73 Å². The van der Waals surface area contributed by atoms with Crippen LogP contribution in [0.1, 0.15) is 46.5 Å². The maximum absolute atomic E-state index is 13.1. The molecule has 0 amide bonds. The Morgan fingerprint density at radius 3 is 2.33 bits per heavy atom. The van der Waals surface area contributed by atoms with Crippen LogP contribution in [0.2, 0.25) is 0 Å². The fraction of sp³-hybridized carbons (Fsp3) is 1.00. The summed E-state index contributed by atoms with van der Waals surface area (Å²) in [6.07, 6.45) is 4.21. The SMILES string of the molecule is CCN(C1CCCC1CN)S(=O)(=O)N1CC(C)CC(C)C1. The van der Waals surface area contributed by atoms with E-state index in [-0.39, 0.29) is 6.04 Å². The lowest BCUT2D eigenvalue weighted by Crippen LogP contribution is -2.53. The van der Waals surface area contributed by atoms with Crippen molar-refractivity contribution in [2.45, 2.75) is 52.5 Å². The number of nitrogens with zero attached hydrogens (tertiary/aromatic N) is 2. The van der Waals surface area contributed by atoms with E-state index in [9.17, 15) is 8.42 Å². The van der Waals surface area contributed by atoms with Gasteiger partial charge in [0.1, 0.15) is 0 Å². The molecule has 0 radical (unpaired) electrons. The Hall–Kier alpha value is -0.170. The largest absolute Gasteiger partial charge is 0.330 e. The zero-order valence-electron chi connectivity index (χ0n) is 13.7. The summed E-state index contributed by atoms with van der Waals surface area (Å²) in [5.74, 6) is 1.20. The topological polar surface area (TPSA) is 66.6 Å². The van der Waals surface area contributed by atoms with E-state index < -0.39 is 10.2 Å². The summed E-state index contributed by atoms with van der Waals surface area (Å²) in [6.45, 7) is 8.68. The third-order valence-electron chi connectivity index (χ3n) is 5.06. The molecule has 0 spiro atoms. The van der Waals surface area contributed by atoms with E-state index in [0.717, 1.165) is 25.7 Å². The predicted octanol–water partition coefficient (Wildman–Crippen LogP) is 1.66. The highest BCUT2D eigenvalue weighted by molar-refractivity contribution is 7.86. The van der Waals surface area contributed by atoms with Crippen LogP contribution in [0.15, 0.2) is 0 Å². The lowest BCUT2D eigenvalue weighted by molar-refractivity contribution is 0.193. The van der Waals surface area contributed by atoms with Crippen LogP contribution in [0.3, 0.4) is 0 Å². The van der Waals surface area contributed by atoms with E-state index in [2.05, 4.69) is 13.8 Å². The van der Waals surface area contributed by atoms with Gasteiger partial charge in [-0.1, -0.05) is 27.2 Å². The van der Waals surface area contributed by atoms with Crippen LogP contribution in [0, 0.1) is 17.8 Å². The maximum atomic E-state index is 13.1. The molecule has 5 nitrogen and oxygen atoms in total. The van der Waals surface area contributed by atoms with Crippen LogP contribution < -0.4 is 5.73 Å². The molecule has 0 bridgehead atoms. The second-order valence-corrected chi connectivity index (χ2v) is 8.85. The smallest absolute Gasteiger partial charge is 0.282 e. The number of piperidine rings is 1. The predicted molar refractivity (Wildman–Crippen MR) is 86.0 cm³/mol. The first-order chi connectivity index (χ1) is 9.90. The highest BCUT2D eigenvalue weighted by atomic mass is 32.2. The Morgan fingerprint density at radius 2 is 1.81 bits per heavy atom. The minimum absolute atomic E-state index is 0.0949. The van der Waals surface area contributed by atoms with Crippen LogP contribution in [-0.4, -0.2) is 49.2 Å². The molecule has 1 heterocycles. The molecule has 1 saturated heterocycles. The summed E-state index contributed by atoms with van der Waals surface area (Å²) >= 11 is 0. The summed E-state index contributed by atoms with van der Waals surface area (Å²) in [5, 5.41) is 0. The Labute approximate surface area is 130 Å². The van der Waals surface area contributed by atoms with Gasteiger partial charge in [-0.2, -0.15) is 17.0 Å². The Morgan fingerprint density at radius 1 is 1.19 bits per heavy atom. The van der Waals surface area contributed by atoms with Gasteiger partial charge in [-0.25, -0.2) is 0 Å². The first kappa shape index (κ1) is 17.2. The minimum atomic E-state index is -3.36. The molecule has 0 aromatic heterocycles. The van der Waals surface area contributed by atoms with Crippen LogP contribution in [-0.2, 0) is 10.2 Å². The van der Waals surface area contributed by atoms with Crippen molar-refractivity contribution in [3.63, 3.8) is 0 Å². The molecule has 4 atom stereocenters. The summed E-state index contributed by atoms with van der Waals surface area (Å²) in [4.78, 5) is 0. The van der Waals surface area contributed by atoms with Crippen molar-refractivity contribution in [3.8, 4) is 0 Å². The molecule has 2 aliphatic rings. The van der Waals surface area contributed by atoms with Crippen molar-refractivity contribution in [1.82, 2.24) is 8.61 Å². The normalized spacial score (nSPS) is 35.5. The third-order valence-corrected chi connectivity index (χ3v) is 7.13. The molecule has 2 rings (SSSR count). The number of hydrogen-bond donors (Lipinski definition) is 1. The average Bonchev–Trinajstić information content (AvgIpc) is 2.86. The highest BCUT2D eigenvalue weighted by Crippen LogP contribution is 2.33. The first-order valence-electron chi connectivity index (χ1n) is 8.37. The van der Waals surface area contributed by atoms with Gasteiger partial charge in [0, 0.05) is 25.7 Å². The summed E-state index contributed by atoms with van der Waals surface area (Å²) < 4.78 is 29.6. The Kier molecular flexibility index (Phi) is 5.68. The molecule has 0 aromatic carbocycles. The van der Waals surface area contributed by atoms with Gasteiger partial charge in [0.2, 0.25) is 0 Å². The van der Waals surface area contributed by atoms with Gasteiger partial charge in [-0.05, 0) is 43.6 Å². The standard InChI is InChI=1S/C15H31N3O2S/c1-4-18(15-7-5-6-14(15)9-16)21(19,20)17-10-12(2)8-13(3)11-17/h12-15H,4-11,16H2,1-3H3. The Balaban J connectivity index is 2.19. The second kappa shape index (κ2) is 6.94. The molecule has 2 N–H and O–H groups in total. The molecular weight excluding hydrogens is 286 g/mol. The summed E-state index contributed by atoms with van der Waals surface area (Å²) in [6, 6.07) is 0.0949. The van der Waals surface area contributed by atoms with E-state index in [0.29, 0.717) is 43.9 Å². The second-order valence-electron chi connectivity index (χ2n) is 6.97. The Bertz CT molecular complexity index is 430. The quantitative estimate of drug-likeness (QED) is 0.838. The minimum Gasteiger partial charge on any atom is -0.330 e. The maximum Gasteiger partial charge on any atom is 0.282 e. The van der Waals surface area contributed by atoms with Crippen molar-refractivity contribution >= 4 is 10.2 Å². The molecule has 124 valence electrons. The molecule has 1 saturated carbocycles. The zero-order chi connectivity index (χ0) is 15.6. The summed E-state index contributed by atoms with van der Waals surface area (Å²) in [5.41, 5.74) is 5.85. The van der Waals surface area contributed by atoms with Crippen molar-refractivity contribution in [2.24, 2.45) is 23.5 Å². The van der Waals surface area contributed by atoms with E-state index in [4.69, 9.17) is 5.73 Å². The lowest BCUT2D eigenvalue weighted by Gasteiger charge is -2.39. The molecule has 1 aliphatic carbocycles. The van der Waals surface area contributed by atoms with E-state index in [1.165, 1.54) is 0 Å². The van der Waals surface area contributed by atoms with Gasteiger partial charge in [-0.15, -0.1) is 0 Å². The fourth-order valence-corrected chi connectivity index (χ4v) is 6.31. The fourth-order valence-electron chi connectivity index (χ4n) is 4.18. The first-order valence-corrected chi connectivity index (χ1v) is 9.76. The van der Waals surface area contributed by atoms with Crippen molar-refractivity contribution in [2.75, 3.05) is 26.2 Å². The number of nitrogens with two attached hydrogens (primary N) is 1. The van der Waals surface area contributed by atoms with Gasteiger partial charge >= 0.3 is 0 Å². The van der Waals surface area contributed by atoms with Crippen LogP contribution in [0.5, 0.6) is 0 Å².